The lowest BCUT2D eigenvalue weighted by molar-refractivity contribution is -0.124. The van der Waals surface area contributed by atoms with Crippen molar-refractivity contribution in [3.63, 3.8) is 0 Å². The molecule has 74 valence electrons. The molecule has 0 aliphatic heterocycles. The Hall–Kier alpha value is -1.81. The molecule has 0 aliphatic rings. The van der Waals surface area contributed by atoms with E-state index >= 15 is 0 Å². The fourth-order valence-corrected chi connectivity index (χ4v) is 0.954. The van der Waals surface area contributed by atoms with Crippen LogP contribution in [0.5, 0.6) is 5.75 Å². The maximum Gasteiger partial charge on any atom is 0.267 e. The molecule has 1 aromatic carbocycles. The van der Waals surface area contributed by atoms with Gasteiger partial charge in [0.1, 0.15) is 5.75 Å². The molecule has 0 heterocycles. The number of hydrogen-bond donors (Lipinski definition) is 2. The Labute approximate surface area is 81.8 Å². The van der Waals surface area contributed by atoms with Crippen LogP contribution in [0.25, 0.3) is 6.08 Å². The van der Waals surface area contributed by atoms with Gasteiger partial charge in [-0.2, -0.15) is 0 Å². The summed E-state index contributed by atoms with van der Waals surface area (Å²) in [5.41, 5.74) is 2.33. The Balaban J connectivity index is 2.76. The molecule has 0 bridgehead atoms. The normalized spacial score (nSPS) is 10.1. The average molecular weight is 193 g/mol. The highest BCUT2D eigenvalue weighted by atomic mass is 16.5. The largest absolute Gasteiger partial charge is 0.497 e. The Bertz CT molecular complexity index is 347. The van der Waals surface area contributed by atoms with Crippen molar-refractivity contribution in [1.29, 1.82) is 0 Å². The van der Waals surface area contributed by atoms with Gasteiger partial charge in [0, 0.05) is 6.08 Å². The van der Waals surface area contributed by atoms with E-state index in [1.54, 1.807) is 19.3 Å². The number of hydrogen-bond acceptors (Lipinski definition) is 3. The van der Waals surface area contributed by atoms with Crippen molar-refractivity contribution >= 4 is 12.0 Å². The molecule has 0 aromatic heterocycles. The van der Waals surface area contributed by atoms with Crippen LogP contribution in [0, 0.1) is 0 Å². The van der Waals surface area contributed by atoms with E-state index in [4.69, 9.17) is 9.94 Å². The molecule has 1 aromatic rings. The third kappa shape index (κ3) is 2.91. The second-order valence-electron chi connectivity index (χ2n) is 2.59. The molecule has 0 aliphatic carbocycles. The van der Waals surface area contributed by atoms with Gasteiger partial charge < -0.3 is 4.74 Å². The molecular weight excluding hydrogens is 182 g/mol. The average Bonchev–Trinajstić information content (AvgIpc) is 2.26. The number of rotatable bonds is 3. The summed E-state index contributed by atoms with van der Waals surface area (Å²) < 4.78 is 5.00. The van der Waals surface area contributed by atoms with E-state index in [1.807, 2.05) is 18.2 Å². The Morgan fingerprint density at radius 2 is 2.36 bits per heavy atom. The maximum absolute atomic E-state index is 10.7. The zero-order valence-electron chi connectivity index (χ0n) is 7.73. The molecule has 0 unspecified atom stereocenters. The van der Waals surface area contributed by atoms with Crippen molar-refractivity contribution in [2.75, 3.05) is 7.11 Å². The quantitative estimate of drug-likeness (QED) is 0.431. The minimum absolute atomic E-state index is 0.562. The van der Waals surface area contributed by atoms with Gasteiger partial charge in [-0.3, -0.25) is 10.0 Å². The molecule has 0 saturated heterocycles. The number of amides is 1. The van der Waals surface area contributed by atoms with Crippen molar-refractivity contribution in [1.82, 2.24) is 5.48 Å². The van der Waals surface area contributed by atoms with Crippen LogP contribution in [-0.4, -0.2) is 18.2 Å². The van der Waals surface area contributed by atoms with Gasteiger partial charge in [-0.15, -0.1) is 0 Å². The summed E-state index contributed by atoms with van der Waals surface area (Å²) in [6, 6.07) is 7.23. The summed E-state index contributed by atoms with van der Waals surface area (Å²) in [5.74, 6) is 0.157. The summed E-state index contributed by atoms with van der Waals surface area (Å²) in [4.78, 5) is 10.7. The molecule has 0 fully saturated rings. The first-order valence-electron chi connectivity index (χ1n) is 4.02. The van der Waals surface area contributed by atoms with Crippen molar-refractivity contribution < 1.29 is 14.7 Å². The van der Waals surface area contributed by atoms with Crippen LogP contribution in [0.15, 0.2) is 30.3 Å². The highest BCUT2D eigenvalue weighted by molar-refractivity contribution is 5.90. The monoisotopic (exact) mass is 193 g/mol. The highest BCUT2D eigenvalue weighted by Gasteiger charge is 1.93. The fraction of sp³-hybridized carbons (Fsp3) is 0.100. The molecular formula is C10H11NO3. The molecule has 0 saturated carbocycles. The fourth-order valence-electron chi connectivity index (χ4n) is 0.954. The number of hydroxylamine groups is 1. The lowest BCUT2D eigenvalue weighted by Gasteiger charge is -1.99. The topological polar surface area (TPSA) is 58.6 Å². The second kappa shape index (κ2) is 5.04. The minimum Gasteiger partial charge on any atom is -0.497 e. The molecule has 1 amide bonds. The highest BCUT2D eigenvalue weighted by Crippen LogP contribution is 2.13. The van der Waals surface area contributed by atoms with Gasteiger partial charge in [-0.25, -0.2) is 5.48 Å². The summed E-state index contributed by atoms with van der Waals surface area (Å²) in [6.07, 6.45) is 2.81. The van der Waals surface area contributed by atoms with Crippen molar-refractivity contribution in [2.45, 2.75) is 0 Å². The number of carbonyl (C=O) groups is 1. The molecule has 1 rings (SSSR count). The van der Waals surface area contributed by atoms with E-state index in [2.05, 4.69) is 0 Å². The number of carbonyl (C=O) groups excluding carboxylic acids is 1. The first-order chi connectivity index (χ1) is 6.76. The Morgan fingerprint density at radius 3 is 3.00 bits per heavy atom. The van der Waals surface area contributed by atoms with E-state index in [-0.39, 0.29) is 0 Å². The first kappa shape index (κ1) is 10.3. The molecule has 2 N–H and O–H groups in total. The third-order valence-corrected chi connectivity index (χ3v) is 1.63. The Kier molecular flexibility index (Phi) is 3.69. The SMILES string of the molecule is COc1cccc(/C=C/C(=O)NO)c1. The number of ether oxygens (including phenoxy) is 1. The smallest absolute Gasteiger partial charge is 0.267 e. The molecule has 0 radical (unpaired) electrons. The van der Waals surface area contributed by atoms with Gasteiger partial charge in [0.25, 0.3) is 5.91 Å². The number of benzene rings is 1. The third-order valence-electron chi connectivity index (χ3n) is 1.63. The molecule has 14 heavy (non-hydrogen) atoms. The van der Waals surface area contributed by atoms with Crippen LogP contribution < -0.4 is 10.2 Å². The van der Waals surface area contributed by atoms with Crippen LogP contribution in [0.3, 0.4) is 0 Å². The predicted molar refractivity (Wildman–Crippen MR) is 52.0 cm³/mol. The van der Waals surface area contributed by atoms with Crippen molar-refractivity contribution in [3.05, 3.63) is 35.9 Å². The van der Waals surface area contributed by atoms with Gasteiger partial charge in [-0.1, -0.05) is 12.1 Å². The van der Waals surface area contributed by atoms with Crippen LogP contribution in [-0.2, 0) is 4.79 Å². The van der Waals surface area contributed by atoms with Gasteiger partial charge in [0.2, 0.25) is 0 Å². The van der Waals surface area contributed by atoms with Gasteiger partial charge in [0.05, 0.1) is 7.11 Å². The van der Waals surface area contributed by atoms with E-state index in [0.717, 1.165) is 11.3 Å². The van der Waals surface area contributed by atoms with Gasteiger partial charge in [0.15, 0.2) is 0 Å². The van der Waals surface area contributed by atoms with Crippen molar-refractivity contribution in [3.8, 4) is 5.75 Å². The summed E-state index contributed by atoms with van der Waals surface area (Å²) in [5, 5.41) is 8.24. The summed E-state index contributed by atoms with van der Waals surface area (Å²) >= 11 is 0. The van der Waals surface area contributed by atoms with Crippen molar-refractivity contribution in [2.24, 2.45) is 0 Å². The van der Waals surface area contributed by atoms with Crippen LogP contribution >= 0.6 is 0 Å². The molecule has 0 atom stereocenters. The zero-order chi connectivity index (χ0) is 10.4. The lowest BCUT2D eigenvalue weighted by Crippen LogP contribution is -2.14. The molecule has 4 nitrogen and oxygen atoms in total. The molecule has 4 heteroatoms. The summed E-state index contributed by atoms with van der Waals surface area (Å²) in [7, 11) is 1.57. The second-order valence-corrected chi connectivity index (χ2v) is 2.59. The summed E-state index contributed by atoms with van der Waals surface area (Å²) in [6.45, 7) is 0. The lowest BCUT2D eigenvalue weighted by atomic mass is 10.2. The first-order valence-corrected chi connectivity index (χ1v) is 4.02. The van der Waals surface area contributed by atoms with Gasteiger partial charge in [-0.05, 0) is 23.8 Å². The zero-order valence-corrected chi connectivity index (χ0v) is 7.73. The minimum atomic E-state index is -0.562. The standard InChI is InChI=1S/C10H11NO3/c1-14-9-4-2-3-8(7-9)5-6-10(12)11-13/h2-7,13H,1H3,(H,11,12)/b6-5+. The number of nitrogens with one attached hydrogen (secondary N) is 1. The Morgan fingerprint density at radius 1 is 1.57 bits per heavy atom. The van der Waals surface area contributed by atoms with E-state index in [9.17, 15) is 4.79 Å². The van der Waals surface area contributed by atoms with E-state index < -0.39 is 5.91 Å². The van der Waals surface area contributed by atoms with E-state index in [0.29, 0.717) is 0 Å². The van der Waals surface area contributed by atoms with Gasteiger partial charge >= 0.3 is 0 Å². The van der Waals surface area contributed by atoms with E-state index in [1.165, 1.54) is 11.6 Å². The number of methoxy groups -OCH3 is 1. The van der Waals surface area contributed by atoms with Crippen LogP contribution in [0.2, 0.25) is 0 Å². The van der Waals surface area contributed by atoms with Crippen LogP contribution in [0.4, 0.5) is 0 Å². The maximum atomic E-state index is 10.7. The van der Waals surface area contributed by atoms with Crippen LogP contribution in [0.1, 0.15) is 5.56 Å². The molecule has 0 spiro atoms. The predicted octanol–water partition coefficient (Wildman–Crippen LogP) is 1.21.